The number of benzene rings is 1. The Bertz CT molecular complexity index is 685. The molecule has 1 fully saturated rings. The molecule has 0 spiro atoms. The van der Waals surface area contributed by atoms with Gasteiger partial charge >= 0.3 is 12.2 Å². The first-order chi connectivity index (χ1) is 11.0. The number of hydrogen-bond acceptors (Lipinski definition) is 2. The third kappa shape index (κ3) is 3.34. The van der Waals surface area contributed by atoms with Gasteiger partial charge in [0.2, 0.25) is 0 Å². The van der Waals surface area contributed by atoms with Crippen LogP contribution in [-0.2, 0) is 6.18 Å². The van der Waals surface area contributed by atoms with Crippen molar-refractivity contribution in [3.63, 3.8) is 0 Å². The zero-order chi connectivity index (χ0) is 16.4. The lowest BCUT2D eigenvalue weighted by molar-refractivity contribution is -0.136. The van der Waals surface area contributed by atoms with Gasteiger partial charge in [-0.15, -0.1) is 11.3 Å². The number of likely N-dealkylation sites (tertiary alicyclic amines) is 1. The molecule has 0 aliphatic carbocycles. The van der Waals surface area contributed by atoms with E-state index in [4.69, 9.17) is 0 Å². The number of rotatable bonds is 2. The Kier molecular flexibility index (Phi) is 4.30. The topological polar surface area (TPSA) is 32.3 Å². The van der Waals surface area contributed by atoms with E-state index in [2.05, 4.69) is 5.32 Å². The highest BCUT2D eigenvalue weighted by molar-refractivity contribution is 7.10. The summed E-state index contributed by atoms with van der Waals surface area (Å²) in [5.41, 5.74) is -1.04. The lowest BCUT2D eigenvalue weighted by atomic mass is 10.1. The Morgan fingerprint density at radius 1 is 1.22 bits per heavy atom. The monoisotopic (exact) mass is 340 g/mol. The highest BCUT2D eigenvalue weighted by Gasteiger charge is 2.35. The van der Waals surface area contributed by atoms with E-state index < -0.39 is 17.8 Å². The van der Waals surface area contributed by atoms with Gasteiger partial charge in [-0.25, -0.2) is 4.79 Å². The van der Waals surface area contributed by atoms with E-state index in [1.165, 1.54) is 18.2 Å². The highest BCUT2D eigenvalue weighted by Crippen LogP contribution is 2.37. The summed E-state index contributed by atoms with van der Waals surface area (Å²) in [5.74, 6) is 0. The Labute approximate surface area is 135 Å². The minimum Gasteiger partial charge on any atom is -0.317 e. The molecule has 1 unspecified atom stereocenters. The van der Waals surface area contributed by atoms with Gasteiger partial charge in [0.05, 0.1) is 17.3 Å². The smallest absolute Gasteiger partial charge is 0.317 e. The lowest BCUT2D eigenvalue weighted by Gasteiger charge is -2.25. The van der Waals surface area contributed by atoms with E-state index in [9.17, 15) is 18.0 Å². The Morgan fingerprint density at radius 2 is 2.00 bits per heavy atom. The molecule has 1 aromatic heterocycles. The predicted octanol–water partition coefficient (Wildman–Crippen LogP) is 5.14. The summed E-state index contributed by atoms with van der Waals surface area (Å²) >= 11 is 1.55. The lowest BCUT2D eigenvalue weighted by Crippen LogP contribution is -2.34. The van der Waals surface area contributed by atoms with Gasteiger partial charge in [0.25, 0.3) is 0 Å². The van der Waals surface area contributed by atoms with Gasteiger partial charge in [-0.2, -0.15) is 13.2 Å². The van der Waals surface area contributed by atoms with Gasteiger partial charge in [-0.05, 0) is 36.4 Å². The largest absolute Gasteiger partial charge is 0.418 e. The molecule has 3 rings (SSSR count). The van der Waals surface area contributed by atoms with Crippen molar-refractivity contribution in [2.24, 2.45) is 0 Å². The third-order valence-corrected chi connectivity index (χ3v) is 4.83. The molecule has 1 atom stereocenters. The number of nitrogens with zero attached hydrogens (tertiary/aromatic N) is 1. The Morgan fingerprint density at radius 3 is 2.70 bits per heavy atom. The maximum Gasteiger partial charge on any atom is 0.418 e. The van der Waals surface area contributed by atoms with Crippen molar-refractivity contribution in [3.05, 3.63) is 52.2 Å². The molecule has 7 heteroatoms. The van der Waals surface area contributed by atoms with Crippen molar-refractivity contribution in [1.29, 1.82) is 0 Å². The fourth-order valence-electron chi connectivity index (χ4n) is 2.81. The molecule has 1 saturated heterocycles. The molecule has 2 amide bonds. The summed E-state index contributed by atoms with van der Waals surface area (Å²) in [6.45, 7) is 0.544. The third-order valence-electron chi connectivity index (χ3n) is 3.86. The number of halogens is 3. The fraction of sp³-hybridized carbons (Fsp3) is 0.312. The van der Waals surface area contributed by atoms with Crippen molar-refractivity contribution in [1.82, 2.24) is 4.90 Å². The zero-order valence-electron chi connectivity index (χ0n) is 12.1. The molecule has 0 bridgehead atoms. The molecule has 1 N–H and O–H groups in total. The molecule has 2 heterocycles. The first-order valence-electron chi connectivity index (χ1n) is 7.24. The van der Waals surface area contributed by atoms with Crippen molar-refractivity contribution < 1.29 is 18.0 Å². The minimum atomic E-state index is -4.50. The number of carbonyl (C=O) groups excluding carboxylic acids is 1. The second-order valence-electron chi connectivity index (χ2n) is 5.34. The maximum atomic E-state index is 13.0. The molecule has 2 aromatic rings. The van der Waals surface area contributed by atoms with E-state index in [1.54, 1.807) is 16.2 Å². The number of amides is 2. The van der Waals surface area contributed by atoms with Crippen LogP contribution in [0.25, 0.3) is 0 Å². The predicted molar refractivity (Wildman–Crippen MR) is 83.5 cm³/mol. The van der Waals surface area contributed by atoms with Gasteiger partial charge in [0.15, 0.2) is 0 Å². The van der Waals surface area contributed by atoms with Gasteiger partial charge in [0, 0.05) is 11.4 Å². The number of hydrogen-bond donors (Lipinski definition) is 1. The summed E-state index contributed by atoms with van der Waals surface area (Å²) in [7, 11) is 0. The average molecular weight is 340 g/mol. The van der Waals surface area contributed by atoms with Gasteiger partial charge in [0.1, 0.15) is 0 Å². The SMILES string of the molecule is O=C(Nc1ccccc1C(F)(F)F)N1CCCC1c1cccs1. The summed E-state index contributed by atoms with van der Waals surface area (Å²) in [6.07, 6.45) is -2.83. The molecule has 1 aliphatic heterocycles. The van der Waals surface area contributed by atoms with E-state index in [1.807, 2.05) is 17.5 Å². The van der Waals surface area contributed by atoms with Crippen LogP contribution in [0.3, 0.4) is 0 Å². The summed E-state index contributed by atoms with van der Waals surface area (Å²) < 4.78 is 39.0. The van der Waals surface area contributed by atoms with E-state index in [-0.39, 0.29) is 11.7 Å². The van der Waals surface area contributed by atoms with Crippen LogP contribution >= 0.6 is 11.3 Å². The van der Waals surface area contributed by atoms with E-state index in [0.29, 0.717) is 6.54 Å². The van der Waals surface area contributed by atoms with Crippen LogP contribution in [0.15, 0.2) is 41.8 Å². The zero-order valence-corrected chi connectivity index (χ0v) is 13.0. The van der Waals surface area contributed by atoms with Crippen molar-refractivity contribution >= 4 is 23.1 Å². The van der Waals surface area contributed by atoms with Crippen molar-refractivity contribution in [3.8, 4) is 0 Å². The number of thiophene rings is 1. The van der Waals surface area contributed by atoms with Crippen LogP contribution < -0.4 is 5.32 Å². The van der Waals surface area contributed by atoms with Crippen LogP contribution in [-0.4, -0.2) is 17.5 Å². The number of nitrogens with one attached hydrogen (secondary N) is 1. The number of urea groups is 1. The number of carbonyl (C=O) groups is 1. The van der Waals surface area contributed by atoms with Crippen LogP contribution in [0.2, 0.25) is 0 Å². The van der Waals surface area contributed by atoms with Crippen molar-refractivity contribution in [2.75, 3.05) is 11.9 Å². The molecular formula is C16H15F3N2OS. The fourth-order valence-corrected chi connectivity index (χ4v) is 3.69. The normalized spacial score (nSPS) is 18.2. The van der Waals surface area contributed by atoms with Crippen LogP contribution in [0.5, 0.6) is 0 Å². The molecule has 122 valence electrons. The van der Waals surface area contributed by atoms with Gasteiger partial charge < -0.3 is 10.2 Å². The molecule has 3 nitrogen and oxygen atoms in total. The summed E-state index contributed by atoms with van der Waals surface area (Å²) in [5, 5.41) is 4.36. The second-order valence-corrected chi connectivity index (χ2v) is 6.32. The van der Waals surface area contributed by atoms with Gasteiger partial charge in [-0.3, -0.25) is 0 Å². The summed E-state index contributed by atoms with van der Waals surface area (Å²) in [4.78, 5) is 15.1. The first kappa shape index (κ1) is 15.9. The van der Waals surface area contributed by atoms with Crippen LogP contribution in [0.1, 0.15) is 29.3 Å². The molecule has 1 aliphatic rings. The van der Waals surface area contributed by atoms with Gasteiger partial charge in [-0.1, -0.05) is 18.2 Å². The molecular weight excluding hydrogens is 325 g/mol. The van der Waals surface area contributed by atoms with E-state index in [0.717, 1.165) is 23.8 Å². The van der Waals surface area contributed by atoms with Crippen molar-refractivity contribution in [2.45, 2.75) is 25.1 Å². The average Bonchev–Trinajstić information content (AvgIpc) is 3.17. The maximum absolute atomic E-state index is 13.0. The standard InChI is InChI=1S/C16H15F3N2OS/c17-16(18,19)11-5-1-2-6-12(11)20-15(22)21-9-3-7-13(21)14-8-4-10-23-14/h1-2,4-6,8,10,13H,3,7,9H2,(H,20,22). The first-order valence-corrected chi connectivity index (χ1v) is 8.12. The highest BCUT2D eigenvalue weighted by atomic mass is 32.1. The number of para-hydroxylation sites is 1. The van der Waals surface area contributed by atoms with E-state index >= 15 is 0 Å². The minimum absolute atomic E-state index is 0.0620. The van der Waals surface area contributed by atoms with Crippen LogP contribution in [0.4, 0.5) is 23.7 Å². The molecule has 0 radical (unpaired) electrons. The Balaban J connectivity index is 1.80. The number of anilines is 1. The second kappa shape index (κ2) is 6.23. The van der Waals surface area contributed by atoms with Crippen LogP contribution in [0, 0.1) is 0 Å². The quantitative estimate of drug-likeness (QED) is 0.807. The molecule has 23 heavy (non-hydrogen) atoms. The number of alkyl halides is 3. The Hall–Kier alpha value is -2.02. The molecule has 0 saturated carbocycles. The summed E-state index contributed by atoms with van der Waals surface area (Å²) in [6, 6.07) is 8.34. The molecule has 1 aromatic carbocycles.